The van der Waals surface area contributed by atoms with Gasteiger partial charge >= 0.3 is 0 Å². The summed E-state index contributed by atoms with van der Waals surface area (Å²) in [4.78, 5) is 6.89. The second kappa shape index (κ2) is 11.2. The first-order valence-electron chi connectivity index (χ1n) is 9.53. The Balaban J connectivity index is 2.11. The van der Waals surface area contributed by atoms with E-state index in [0.29, 0.717) is 13.1 Å². The Labute approximate surface area is 168 Å². The molecule has 28 heavy (non-hydrogen) atoms. The summed E-state index contributed by atoms with van der Waals surface area (Å²) in [5, 5.41) is 6.77. The summed E-state index contributed by atoms with van der Waals surface area (Å²) < 4.78 is 10.8. The van der Waals surface area contributed by atoms with Crippen molar-refractivity contribution < 1.29 is 9.47 Å². The molecule has 0 aliphatic rings. The van der Waals surface area contributed by atoms with Crippen LogP contribution in [0.2, 0.25) is 0 Å². The smallest absolute Gasteiger partial charge is 0.191 e. The minimum absolute atomic E-state index is 0.150. The maximum atomic E-state index is 5.55. The van der Waals surface area contributed by atoms with Crippen LogP contribution in [0.5, 0.6) is 11.5 Å². The highest BCUT2D eigenvalue weighted by Crippen LogP contribution is 2.27. The number of nitrogens with zero attached hydrogens (tertiary/aromatic N) is 2. The molecule has 152 valence electrons. The molecular formula is C22H32N4O2. The molecule has 2 rings (SSSR count). The van der Waals surface area contributed by atoms with Crippen molar-refractivity contribution in [3.05, 3.63) is 59.7 Å². The van der Waals surface area contributed by atoms with Crippen LogP contribution in [0.25, 0.3) is 0 Å². The second-order valence-corrected chi connectivity index (χ2v) is 6.65. The molecule has 2 aromatic rings. The Morgan fingerprint density at radius 1 is 1.04 bits per heavy atom. The van der Waals surface area contributed by atoms with Crippen LogP contribution >= 0.6 is 0 Å². The van der Waals surface area contributed by atoms with E-state index in [1.165, 1.54) is 0 Å². The highest BCUT2D eigenvalue weighted by atomic mass is 16.5. The molecule has 6 nitrogen and oxygen atoms in total. The number of guanidine groups is 1. The largest absolute Gasteiger partial charge is 0.497 e. The van der Waals surface area contributed by atoms with Gasteiger partial charge in [0.05, 0.1) is 26.8 Å². The zero-order valence-electron chi connectivity index (χ0n) is 17.5. The van der Waals surface area contributed by atoms with Gasteiger partial charge in [0.2, 0.25) is 0 Å². The van der Waals surface area contributed by atoms with Gasteiger partial charge in [0.1, 0.15) is 11.5 Å². The van der Waals surface area contributed by atoms with E-state index in [1.54, 1.807) is 14.2 Å². The van der Waals surface area contributed by atoms with Crippen LogP contribution in [0.1, 0.15) is 24.1 Å². The third-order valence-electron chi connectivity index (χ3n) is 4.48. The average molecular weight is 385 g/mol. The standard InChI is InChI=1S/C22H32N4O2/c1-6-23-22(24-15-17-10-9-11-18(14-17)27-4)25-16-20(26(2)3)19-12-7-8-13-21(19)28-5/h7-14,20H,6,15-16H2,1-5H3,(H2,23,24,25). The summed E-state index contributed by atoms with van der Waals surface area (Å²) >= 11 is 0. The minimum atomic E-state index is 0.150. The Morgan fingerprint density at radius 3 is 2.50 bits per heavy atom. The molecule has 0 saturated carbocycles. The van der Waals surface area contributed by atoms with E-state index >= 15 is 0 Å². The second-order valence-electron chi connectivity index (χ2n) is 6.65. The van der Waals surface area contributed by atoms with Gasteiger partial charge in [-0.2, -0.15) is 0 Å². The fraction of sp³-hybridized carbons (Fsp3) is 0.409. The Hall–Kier alpha value is -2.73. The van der Waals surface area contributed by atoms with E-state index in [2.05, 4.69) is 42.6 Å². The summed E-state index contributed by atoms with van der Waals surface area (Å²) in [5.41, 5.74) is 2.25. The van der Waals surface area contributed by atoms with E-state index in [9.17, 15) is 0 Å². The van der Waals surface area contributed by atoms with Crippen molar-refractivity contribution in [2.24, 2.45) is 4.99 Å². The van der Waals surface area contributed by atoms with Gasteiger partial charge < -0.3 is 25.0 Å². The topological polar surface area (TPSA) is 58.1 Å². The minimum Gasteiger partial charge on any atom is -0.497 e. The van der Waals surface area contributed by atoms with Crippen LogP contribution in [0.4, 0.5) is 0 Å². The normalized spacial score (nSPS) is 12.6. The Bertz CT molecular complexity index is 762. The van der Waals surface area contributed by atoms with Crippen LogP contribution < -0.4 is 20.1 Å². The van der Waals surface area contributed by atoms with Gasteiger partial charge in [0.25, 0.3) is 0 Å². The van der Waals surface area contributed by atoms with Crippen LogP contribution in [-0.4, -0.2) is 52.3 Å². The third-order valence-corrected chi connectivity index (χ3v) is 4.48. The van der Waals surface area contributed by atoms with Crippen molar-refractivity contribution in [1.82, 2.24) is 15.5 Å². The predicted octanol–water partition coefficient (Wildman–Crippen LogP) is 3.06. The molecule has 0 amide bonds. The van der Waals surface area contributed by atoms with E-state index < -0.39 is 0 Å². The van der Waals surface area contributed by atoms with Gasteiger partial charge in [-0.3, -0.25) is 0 Å². The summed E-state index contributed by atoms with van der Waals surface area (Å²) in [6, 6.07) is 16.2. The number of benzene rings is 2. The molecule has 2 aromatic carbocycles. The molecule has 0 radical (unpaired) electrons. The number of hydrogen-bond donors (Lipinski definition) is 2. The molecule has 6 heteroatoms. The molecular weight excluding hydrogens is 352 g/mol. The third kappa shape index (κ3) is 6.16. The number of aliphatic imine (C=N–C) groups is 1. The lowest BCUT2D eigenvalue weighted by molar-refractivity contribution is 0.287. The van der Waals surface area contributed by atoms with Crippen molar-refractivity contribution >= 4 is 5.96 Å². The number of methoxy groups -OCH3 is 2. The van der Waals surface area contributed by atoms with Crippen molar-refractivity contribution in [3.8, 4) is 11.5 Å². The van der Waals surface area contributed by atoms with Crippen LogP contribution in [0.3, 0.4) is 0 Å². The Kier molecular flexibility index (Phi) is 8.62. The molecule has 0 bridgehead atoms. The lowest BCUT2D eigenvalue weighted by Crippen LogP contribution is -2.41. The summed E-state index contributed by atoms with van der Waals surface area (Å²) in [6.07, 6.45) is 0. The number of likely N-dealkylation sites (N-methyl/N-ethyl adjacent to an activating group) is 1. The number of rotatable bonds is 9. The fourth-order valence-corrected chi connectivity index (χ4v) is 2.99. The fourth-order valence-electron chi connectivity index (χ4n) is 2.99. The van der Waals surface area contributed by atoms with Crippen LogP contribution in [-0.2, 0) is 6.54 Å². The predicted molar refractivity (Wildman–Crippen MR) is 115 cm³/mol. The quantitative estimate of drug-likeness (QED) is 0.514. The SMILES string of the molecule is CCNC(=NCc1cccc(OC)c1)NCC(c1ccccc1OC)N(C)C. The molecule has 0 aromatic heterocycles. The van der Waals surface area contributed by atoms with E-state index in [1.807, 2.05) is 42.5 Å². The molecule has 0 fully saturated rings. The molecule has 0 spiro atoms. The molecule has 0 aliphatic heterocycles. The van der Waals surface area contributed by atoms with Gasteiger partial charge in [0.15, 0.2) is 5.96 Å². The summed E-state index contributed by atoms with van der Waals surface area (Å²) in [7, 11) is 7.52. The zero-order valence-corrected chi connectivity index (χ0v) is 17.5. The lowest BCUT2D eigenvalue weighted by Gasteiger charge is -2.27. The maximum absolute atomic E-state index is 5.55. The van der Waals surface area contributed by atoms with E-state index in [4.69, 9.17) is 14.5 Å². The van der Waals surface area contributed by atoms with Crippen molar-refractivity contribution in [1.29, 1.82) is 0 Å². The average Bonchev–Trinajstić information content (AvgIpc) is 2.72. The van der Waals surface area contributed by atoms with Gasteiger partial charge in [-0.1, -0.05) is 30.3 Å². The van der Waals surface area contributed by atoms with Crippen LogP contribution in [0.15, 0.2) is 53.5 Å². The molecule has 0 saturated heterocycles. The number of ether oxygens (including phenoxy) is 2. The number of nitrogens with one attached hydrogen (secondary N) is 2. The van der Waals surface area contributed by atoms with Crippen LogP contribution in [0, 0.1) is 0 Å². The summed E-state index contributed by atoms with van der Waals surface area (Å²) in [5.74, 6) is 2.52. The lowest BCUT2D eigenvalue weighted by atomic mass is 10.0. The van der Waals surface area contributed by atoms with E-state index in [-0.39, 0.29) is 6.04 Å². The van der Waals surface area contributed by atoms with Crippen molar-refractivity contribution in [2.45, 2.75) is 19.5 Å². The monoisotopic (exact) mass is 384 g/mol. The number of para-hydroxylation sites is 1. The van der Waals surface area contributed by atoms with Gasteiger partial charge in [-0.25, -0.2) is 4.99 Å². The summed E-state index contributed by atoms with van der Waals surface area (Å²) in [6.45, 7) is 4.14. The molecule has 2 N–H and O–H groups in total. The first-order chi connectivity index (χ1) is 13.6. The van der Waals surface area contributed by atoms with Crippen molar-refractivity contribution in [2.75, 3.05) is 41.4 Å². The molecule has 1 atom stereocenters. The maximum Gasteiger partial charge on any atom is 0.191 e. The highest BCUT2D eigenvalue weighted by molar-refractivity contribution is 5.79. The highest BCUT2D eigenvalue weighted by Gasteiger charge is 2.18. The van der Waals surface area contributed by atoms with Gasteiger partial charge in [-0.05, 0) is 44.8 Å². The Morgan fingerprint density at radius 2 is 1.82 bits per heavy atom. The first kappa shape index (κ1) is 21.6. The number of hydrogen-bond acceptors (Lipinski definition) is 4. The van der Waals surface area contributed by atoms with Gasteiger partial charge in [0, 0.05) is 18.7 Å². The zero-order chi connectivity index (χ0) is 20.4. The molecule has 0 aliphatic carbocycles. The van der Waals surface area contributed by atoms with Gasteiger partial charge in [-0.15, -0.1) is 0 Å². The van der Waals surface area contributed by atoms with Crippen molar-refractivity contribution in [3.63, 3.8) is 0 Å². The van der Waals surface area contributed by atoms with E-state index in [0.717, 1.165) is 35.1 Å². The molecule has 1 unspecified atom stereocenters. The molecule has 0 heterocycles. The first-order valence-corrected chi connectivity index (χ1v) is 9.53.